The average Bonchev–Trinajstić information content (AvgIpc) is 2.97. The zero-order valence-electron chi connectivity index (χ0n) is 14.6. The van der Waals surface area contributed by atoms with Crippen molar-refractivity contribution in [2.24, 2.45) is 0 Å². The van der Waals surface area contributed by atoms with Gasteiger partial charge in [0.2, 0.25) is 0 Å². The zero-order chi connectivity index (χ0) is 17.2. The molecule has 3 aromatic carbocycles. The van der Waals surface area contributed by atoms with E-state index in [2.05, 4.69) is 110 Å². The van der Waals surface area contributed by atoms with E-state index in [-0.39, 0.29) is 0 Å². The standard InChI is InChI=1S/C24H21N/c1-18-10-6-7-13-21(18)23(20-11-4-3-5-12-20)17-25-16-19(2)22-14-8-9-15-24(22)25/h3-17H,1-2H3/b23-17-. The highest BCUT2D eigenvalue weighted by atomic mass is 14.9. The molecule has 0 bridgehead atoms. The predicted molar refractivity (Wildman–Crippen MR) is 108 cm³/mol. The quantitative estimate of drug-likeness (QED) is 0.416. The molecule has 0 saturated carbocycles. The van der Waals surface area contributed by atoms with E-state index in [1.54, 1.807) is 0 Å². The zero-order valence-corrected chi connectivity index (χ0v) is 14.6. The Morgan fingerprint density at radius 2 is 1.40 bits per heavy atom. The van der Waals surface area contributed by atoms with Crippen LogP contribution in [0.15, 0.2) is 85.1 Å². The second-order valence-corrected chi connectivity index (χ2v) is 6.46. The van der Waals surface area contributed by atoms with Gasteiger partial charge in [-0.25, -0.2) is 0 Å². The number of hydrogen-bond acceptors (Lipinski definition) is 0. The average molecular weight is 323 g/mol. The Labute approximate surface area is 148 Å². The third kappa shape index (κ3) is 2.89. The van der Waals surface area contributed by atoms with Crippen molar-refractivity contribution >= 4 is 22.7 Å². The fourth-order valence-electron chi connectivity index (χ4n) is 3.42. The highest BCUT2D eigenvalue weighted by Gasteiger charge is 2.09. The van der Waals surface area contributed by atoms with Gasteiger partial charge in [-0.05, 0) is 42.2 Å². The third-order valence-corrected chi connectivity index (χ3v) is 4.73. The minimum absolute atomic E-state index is 1.23. The Morgan fingerprint density at radius 1 is 0.720 bits per heavy atom. The van der Waals surface area contributed by atoms with E-state index in [0.717, 1.165) is 0 Å². The second kappa shape index (κ2) is 6.45. The molecule has 0 saturated heterocycles. The molecular formula is C24H21N. The molecule has 0 atom stereocenters. The SMILES string of the molecule is Cc1ccccc1/C(=C\n1cc(C)c2ccccc21)c1ccccc1. The lowest BCUT2D eigenvalue weighted by molar-refractivity contribution is 1.21. The minimum Gasteiger partial charge on any atom is -0.322 e. The molecule has 1 aromatic heterocycles. The Bertz CT molecular complexity index is 1050. The van der Waals surface area contributed by atoms with Crippen LogP contribution in [0.1, 0.15) is 22.3 Å². The predicted octanol–water partition coefficient (Wildman–Crippen LogP) is 6.30. The molecule has 1 heterocycles. The van der Waals surface area contributed by atoms with Crippen LogP contribution in [0.2, 0.25) is 0 Å². The van der Waals surface area contributed by atoms with Gasteiger partial charge in [-0.1, -0.05) is 72.8 Å². The van der Waals surface area contributed by atoms with E-state index in [9.17, 15) is 0 Å². The molecule has 0 aliphatic carbocycles. The first-order chi connectivity index (χ1) is 12.2. The molecule has 0 spiro atoms. The first-order valence-electron chi connectivity index (χ1n) is 8.63. The van der Waals surface area contributed by atoms with Crippen LogP contribution in [0.4, 0.5) is 0 Å². The fraction of sp³-hybridized carbons (Fsp3) is 0.0833. The van der Waals surface area contributed by atoms with Gasteiger partial charge in [0.15, 0.2) is 0 Å². The Morgan fingerprint density at radius 3 is 2.20 bits per heavy atom. The van der Waals surface area contributed by atoms with Gasteiger partial charge in [0.25, 0.3) is 0 Å². The molecule has 122 valence electrons. The maximum absolute atomic E-state index is 2.26. The first-order valence-corrected chi connectivity index (χ1v) is 8.63. The van der Waals surface area contributed by atoms with E-state index < -0.39 is 0 Å². The summed E-state index contributed by atoms with van der Waals surface area (Å²) < 4.78 is 2.25. The highest BCUT2D eigenvalue weighted by Crippen LogP contribution is 2.29. The summed E-state index contributed by atoms with van der Waals surface area (Å²) >= 11 is 0. The van der Waals surface area contributed by atoms with E-state index in [0.29, 0.717) is 0 Å². The normalized spacial score (nSPS) is 11.8. The van der Waals surface area contributed by atoms with Gasteiger partial charge >= 0.3 is 0 Å². The van der Waals surface area contributed by atoms with Crippen LogP contribution in [-0.2, 0) is 0 Å². The monoisotopic (exact) mass is 323 g/mol. The van der Waals surface area contributed by atoms with E-state index >= 15 is 0 Å². The van der Waals surface area contributed by atoms with Crippen LogP contribution in [0.5, 0.6) is 0 Å². The summed E-state index contributed by atoms with van der Waals surface area (Å²) in [6, 6.07) is 27.8. The Balaban J connectivity index is 1.97. The van der Waals surface area contributed by atoms with Crippen molar-refractivity contribution in [2.45, 2.75) is 13.8 Å². The molecule has 1 heteroatoms. The summed E-state index contributed by atoms with van der Waals surface area (Å²) in [4.78, 5) is 0. The molecule has 0 N–H and O–H groups in total. The van der Waals surface area contributed by atoms with Gasteiger partial charge in [-0.15, -0.1) is 0 Å². The van der Waals surface area contributed by atoms with Crippen LogP contribution in [0, 0.1) is 13.8 Å². The van der Waals surface area contributed by atoms with E-state index in [1.807, 2.05) is 0 Å². The number of fused-ring (bicyclic) bond motifs is 1. The number of aryl methyl sites for hydroxylation is 2. The smallest absolute Gasteiger partial charge is 0.0525 e. The summed E-state index contributed by atoms with van der Waals surface area (Å²) in [7, 11) is 0. The molecule has 0 amide bonds. The van der Waals surface area contributed by atoms with Crippen molar-refractivity contribution in [1.29, 1.82) is 0 Å². The number of hydrogen-bond donors (Lipinski definition) is 0. The number of nitrogens with zero attached hydrogens (tertiary/aromatic N) is 1. The minimum atomic E-state index is 1.23. The highest BCUT2D eigenvalue weighted by molar-refractivity contribution is 5.92. The van der Waals surface area contributed by atoms with Crippen LogP contribution in [0.3, 0.4) is 0 Å². The number of aromatic nitrogens is 1. The molecule has 0 aliphatic heterocycles. The summed E-state index contributed by atoms with van der Waals surface area (Å²) in [6.07, 6.45) is 4.47. The largest absolute Gasteiger partial charge is 0.322 e. The lowest BCUT2D eigenvalue weighted by Crippen LogP contribution is -1.94. The van der Waals surface area contributed by atoms with Gasteiger partial charge in [-0.3, -0.25) is 0 Å². The summed E-state index contributed by atoms with van der Waals surface area (Å²) in [5.41, 5.74) is 7.55. The number of para-hydroxylation sites is 1. The summed E-state index contributed by atoms with van der Waals surface area (Å²) in [5.74, 6) is 0. The van der Waals surface area contributed by atoms with Gasteiger partial charge in [-0.2, -0.15) is 0 Å². The van der Waals surface area contributed by atoms with Crippen molar-refractivity contribution < 1.29 is 0 Å². The van der Waals surface area contributed by atoms with Crippen LogP contribution < -0.4 is 0 Å². The Kier molecular flexibility index (Phi) is 3.99. The van der Waals surface area contributed by atoms with Crippen molar-refractivity contribution in [3.8, 4) is 0 Å². The van der Waals surface area contributed by atoms with Crippen molar-refractivity contribution in [2.75, 3.05) is 0 Å². The molecule has 4 rings (SSSR count). The van der Waals surface area contributed by atoms with Crippen molar-refractivity contribution in [3.63, 3.8) is 0 Å². The topological polar surface area (TPSA) is 4.93 Å². The molecule has 0 radical (unpaired) electrons. The lowest BCUT2D eigenvalue weighted by Gasteiger charge is -2.12. The van der Waals surface area contributed by atoms with Crippen LogP contribution in [0.25, 0.3) is 22.7 Å². The summed E-state index contributed by atoms with van der Waals surface area (Å²) in [5, 5.41) is 1.30. The fourth-order valence-corrected chi connectivity index (χ4v) is 3.42. The molecule has 0 unspecified atom stereocenters. The van der Waals surface area contributed by atoms with Crippen LogP contribution in [-0.4, -0.2) is 4.57 Å². The first kappa shape index (κ1) is 15.5. The lowest BCUT2D eigenvalue weighted by atomic mass is 9.95. The molecule has 4 aromatic rings. The maximum Gasteiger partial charge on any atom is 0.0525 e. The third-order valence-electron chi connectivity index (χ3n) is 4.73. The molecule has 25 heavy (non-hydrogen) atoms. The Hall–Kier alpha value is -3.06. The van der Waals surface area contributed by atoms with E-state index in [4.69, 9.17) is 0 Å². The second-order valence-electron chi connectivity index (χ2n) is 6.46. The van der Waals surface area contributed by atoms with Crippen molar-refractivity contribution in [3.05, 3.63) is 107 Å². The van der Waals surface area contributed by atoms with Gasteiger partial charge in [0.1, 0.15) is 0 Å². The van der Waals surface area contributed by atoms with Crippen molar-refractivity contribution in [1.82, 2.24) is 4.57 Å². The molecule has 1 nitrogen and oxygen atoms in total. The van der Waals surface area contributed by atoms with Crippen LogP contribution >= 0.6 is 0 Å². The van der Waals surface area contributed by atoms with Gasteiger partial charge in [0.05, 0.1) is 5.52 Å². The maximum atomic E-state index is 2.26. The molecule has 0 fully saturated rings. The molecule has 0 aliphatic rings. The summed E-state index contributed by atoms with van der Waals surface area (Å²) in [6.45, 7) is 4.34. The molecular weight excluding hydrogens is 302 g/mol. The number of rotatable bonds is 3. The van der Waals surface area contributed by atoms with Gasteiger partial charge in [0, 0.05) is 23.4 Å². The van der Waals surface area contributed by atoms with Gasteiger partial charge < -0.3 is 4.57 Å². The number of benzene rings is 3. The van der Waals surface area contributed by atoms with E-state index in [1.165, 1.54) is 38.7 Å².